The largest absolute Gasteiger partial charge is 0.469 e. The summed E-state index contributed by atoms with van der Waals surface area (Å²) in [5.74, 6) is -2.04. The molecular weight excluding hydrogens is 789 g/mol. The van der Waals surface area contributed by atoms with E-state index >= 15 is 0 Å². The number of hydrogen-bond donors (Lipinski definition) is 0. The van der Waals surface area contributed by atoms with Crippen LogP contribution in [0, 0.1) is 35.5 Å². The van der Waals surface area contributed by atoms with Crippen molar-refractivity contribution >= 4 is 14.0 Å². The van der Waals surface area contributed by atoms with Crippen molar-refractivity contribution in [2.24, 2.45) is 35.5 Å². The second kappa shape index (κ2) is 20.6. The predicted octanol–water partition coefficient (Wildman–Crippen LogP) is 7.98. The van der Waals surface area contributed by atoms with E-state index in [-0.39, 0.29) is 85.8 Å². The second-order valence-electron chi connectivity index (χ2n) is 20.7. The predicted molar refractivity (Wildman–Crippen MR) is 230 cm³/mol. The zero-order valence-corrected chi connectivity index (χ0v) is 41.0. The zero-order valence-electron chi connectivity index (χ0n) is 40.0. The van der Waals surface area contributed by atoms with Crippen LogP contribution >= 0.6 is 0 Å². The van der Waals surface area contributed by atoms with Gasteiger partial charge in [0.25, 0.3) is 0 Å². The van der Waals surface area contributed by atoms with Gasteiger partial charge in [-0.2, -0.15) is 0 Å². The molecule has 0 aromatic rings. The van der Waals surface area contributed by atoms with Gasteiger partial charge in [0, 0.05) is 66.6 Å². The van der Waals surface area contributed by atoms with Crippen LogP contribution in [0.3, 0.4) is 0 Å². The third-order valence-corrected chi connectivity index (χ3v) is 16.9. The summed E-state index contributed by atoms with van der Waals surface area (Å²) in [6.07, 6.45) is 5.02. The minimum absolute atomic E-state index is 0.0116. The normalized spacial score (nSPS) is 42.7. The van der Waals surface area contributed by atoms with Crippen LogP contribution < -0.4 is 0 Å². The molecule has 5 saturated heterocycles. The van der Waals surface area contributed by atoms with Crippen molar-refractivity contribution in [1.29, 1.82) is 0 Å². The Bertz CT molecular complexity index is 1370. The van der Waals surface area contributed by atoms with Gasteiger partial charge in [0.05, 0.1) is 67.0 Å². The summed E-state index contributed by atoms with van der Waals surface area (Å²) in [7, 11) is 5.23. The summed E-state index contributed by atoms with van der Waals surface area (Å²) in [5, 5.41) is 0. The van der Waals surface area contributed by atoms with E-state index in [1.807, 2.05) is 6.92 Å². The number of esters is 1. The van der Waals surface area contributed by atoms with E-state index in [9.17, 15) is 4.79 Å². The van der Waals surface area contributed by atoms with Gasteiger partial charge in [0.2, 0.25) is 0 Å². The van der Waals surface area contributed by atoms with Crippen molar-refractivity contribution < 1.29 is 61.6 Å². The number of carbonyl (C=O) groups excluding carboxylic acids is 1. The Morgan fingerprint density at radius 1 is 0.900 bits per heavy atom. The number of ether oxygens (including phenoxy) is 12. The summed E-state index contributed by atoms with van der Waals surface area (Å²) in [4.78, 5) is 12.7. The maximum atomic E-state index is 12.7. The maximum absolute atomic E-state index is 12.7. The van der Waals surface area contributed by atoms with Gasteiger partial charge in [0.1, 0.15) is 20.2 Å². The summed E-state index contributed by atoms with van der Waals surface area (Å²) in [5.41, 5.74) is -1.05. The average molecular weight is 873 g/mol. The lowest BCUT2D eigenvalue weighted by Crippen LogP contribution is -2.57. The Kier molecular flexibility index (Phi) is 17.3. The van der Waals surface area contributed by atoms with Crippen molar-refractivity contribution in [3.63, 3.8) is 0 Å². The summed E-state index contributed by atoms with van der Waals surface area (Å²) in [6.45, 7) is 25.7. The van der Waals surface area contributed by atoms with E-state index in [0.717, 1.165) is 44.6 Å². The monoisotopic (exact) mass is 873 g/mol. The average Bonchev–Trinajstić information content (AvgIpc) is 3.92. The topological polar surface area (TPSA) is 128 Å². The van der Waals surface area contributed by atoms with Gasteiger partial charge >= 0.3 is 5.97 Å². The van der Waals surface area contributed by atoms with E-state index < -0.39 is 42.9 Å². The molecule has 0 amide bonds. The first kappa shape index (κ1) is 50.2. The molecule has 5 fully saturated rings. The van der Waals surface area contributed by atoms with Crippen molar-refractivity contribution in [2.45, 2.75) is 198 Å². The number of carbonyl (C=O) groups is 1. The molecule has 0 bridgehead atoms. The zero-order chi connectivity index (χ0) is 44.3. The summed E-state index contributed by atoms with van der Waals surface area (Å²) < 4.78 is 76.6. The lowest BCUT2D eigenvalue weighted by Gasteiger charge is -2.50. The molecule has 5 heterocycles. The molecule has 0 aromatic heterocycles. The fourth-order valence-corrected chi connectivity index (χ4v) is 12.2. The first-order valence-corrected chi connectivity index (χ1v) is 26.8. The Hall–Kier alpha value is -0.753. The van der Waals surface area contributed by atoms with Crippen LogP contribution in [0.25, 0.3) is 0 Å². The molecule has 5 rings (SSSR count). The van der Waals surface area contributed by atoms with Crippen LogP contribution in [0.5, 0.6) is 0 Å². The van der Waals surface area contributed by atoms with Crippen molar-refractivity contribution in [2.75, 3.05) is 55.2 Å². The highest BCUT2D eigenvalue weighted by Crippen LogP contribution is 2.55. The van der Waals surface area contributed by atoms with E-state index in [2.05, 4.69) is 68.1 Å². The fraction of sp³-hybridized carbons (Fsp3) is 0.978. The molecule has 14 heteroatoms. The van der Waals surface area contributed by atoms with Crippen LogP contribution in [0.15, 0.2) is 0 Å². The third kappa shape index (κ3) is 10.8. The molecule has 0 N–H and O–H groups in total. The molecule has 60 heavy (non-hydrogen) atoms. The number of rotatable bonds is 20. The molecule has 350 valence electrons. The number of methoxy groups -OCH3 is 4. The van der Waals surface area contributed by atoms with Crippen molar-refractivity contribution in [3.05, 3.63) is 0 Å². The molecule has 0 radical (unpaired) electrons. The van der Waals surface area contributed by atoms with Gasteiger partial charge < -0.3 is 56.8 Å². The molecule has 17 atom stereocenters. The number of hydrogen-bond acceptors (Lipinski definition) is 13. The minimum Gasteiger partial charge on any atom is -0.469 e. The smallest absolute Gasteiger partial charge is 0.311 e. The van der Waals surface area contributed by atoms with Gasteiger partial charge in [-0.15, -0.1) is 0 Å². The standard InChI is InChI=1S/C46H84O13Si/c1-16-44(41-30(3)24-35(55-41)38-29(2)23-31(4)46(51-12,58-38)26-53-28-52-21-22-60(13,14)15)18-17-37(56-44)43(8)19-20-45(59-43)25-36(54-27-48-9)32(5)40(57-45)33(6)39(49-10)34(7)42(47)50-11/h29-41H,16-28H2,1-15H3/t29-,30-,31+,32+,33-,34-,35+,36-,37+,38-,39+,40-,41+,43-,44-,45+,46-/m0/s1. The first-order chi connectivity index (χ1) is 28.3. The fourth-order valence-electron chi connectivity index (χ4n) is 11.4. The van der Waals surface area contributed by atoms with Crippen molar-refractivity contribution in [1.82, 2.24) is 0 Å². The van der Waals surface area contributed by atoms with E-state index in [1.165, 1.54) is 7.11 Å². The quantitative estimate of drug-likeness (QED) is 0.0508. The molecule has 0 aromatic carbocycles. The molecule has 13 nitrogen and oxygen atoms in total. The Balaban J connectivity index is 1.27. The van der Waals surface area contributed by atoms with Crippen LogP contribution in [0.2, 0.25) is 25.7 Å². The van der Waals surface area contributed by atoms with Crippen LogP contribution in [-0.2, 0) is 61.6 Å². The molecule has 0 unspecified atom stereocenters. The van der Waals surface area contributed by atoms with Crippen LogP contribution in [0.4, 0.5) is 0 Å². The molecular formula is C46H84O13Si. The minimum atomic E-state index is -1.18. The summed E-state index contributed by atoms with van der Waals surface area (Å²) in [6, 6.07) is 1.10. The third-order valence-electron chi connectivity index (χ3n) is 15.2. The lowest BCUT2D eigenvalue weighted by atomic mass is 9.78. The van der Waals surface area contributed by atoms with Gasteiger partial charge in [-0.3, -0.25) is 4.79 Å². The summed E-state index contributed by atoms with van der Waals surface area (Å²) >= 11 is 0. The van der Waals surface area contributed by atoms with Crippen molar-refractivity contribution in [3.8, 4) is 0 Å². The molecule has 0 aliphatic carbocycles. The highest BCUT2D eigenvalue weighted by Gasteiger charge is 2.62. The highest BCUT2D eigenvalue weighted by molar-refractivity contribution is 6.76. The van der Waals surface area contributed by atoms with E-state index in [1.54, 1.807) is 21.3 Å². The highest BCUT2D eigenvalue weighted by atomic mass is 28.3. The van der Waals surface area contributed by atoms with Gasteiger partial charge in [-0.05, 0) is 70.3 Å². The Morgan fingerprint density at radius 3 is 2.27 bits per heavy atom. The second-order valence-corrected chi connectivity index (χ2v) is 26.3. The molecule has 0 saturated carbocycles. The van der Waals surface area contributed by atoms with Gasteiger partial charge in [0.15, 0.2) is 11.6 Å². The molecule has 5 aliphatic rings. The van der Waals surface area contributed by atoms with Gasteiger partial charge in [-0.1, -0.05) is 61.2 Å². The maximum Gasteiger partial charge on any atom is 0.311 e. The molecule has 5 aliphatic heterocycles. The van der Waals surface area contributed by atoms with Gasteiger partial charge in [-0.25, -0.2) is 0 Å². The lowest BCUT2D eigenvalue weighted by molar-refractivity contribution is -0.344. The van der Waals surface area contributed by atoms with Crippen LogP contribution in [0.1, 0.15) is 107 Å². The Labute approximate surface area is 363 Å². The SMILES string of the molecule is CC[C@@]1([C@@H]2O[C@@H]([C@H]3O[C@](COCOCC[Si](C)(C)C)(OC)[C@H](C)C[C@@H]3C)C[C@@H]2C)CC[C@H]([C@]2(C)CC[C@]3(C[C@H](OCOC)[C@@H](C)[C@@H]([C@@H](C)[C@@H](OC)[C@H](C)C(=O)OC)O3)O2)O1. The Morgan fingerprint density at radius 2 is 1.63 bits per heavy atom. The first-order valence-electron chi connectivity index (χ1n) is 23.1. The van der Waals surface area contributed by atoms with E-state index in [0.29, 0.717) is 26.1 Å². The van der Waals surface area contributed by atoms with Crippen LogP contribution in [-0.4, -0.2) is 135 Å². The molecule has 1 spiro atoms. The van der Waals surface area contributed by atoms with E-state index in [4.69, 9.17) is 56.8 Å².